The van der Waals surface area contributed by atoms with E-state index in [1.165, 1.54) is 4.68 Å². The first-order valence-electron chi connectivity index (χ1n) is 9.40. The van der Waals surface area contributed by atoms with Crippen molar-refractivity contribution in [3.63, 3.8) is 0 Å². The fraction of sp³-hybridized carbons (Fsp3) is 0.526. The minimum atomic E-state index is -0.187. The smallest absolute Gasteiger partial charge is 0.346 e. The molecule has 1 amide bonds. The normalized spacial score (nSPS) is 21.9. The molecule has 0 unspecified atom stereocenters. The first kappa shape index (κ1) is 17.8. The Morgan fingerprint density at radius 1 is 1.26 bits per heavy atom. The van der Waals surface area contributed by atoms with E-state index in [0.29, 0.717) is 19.6 Å². The molecule has 1 fully saturated rings. The lowest BCUT2D eigenvalue weighted by Crippen LogP contribution is -2.37. The number of aromatic nitrogens is 3. The summed E-state index contributed by atoms with van der Waals surface area (Å²) >= 11 is 0. The molecule has 2 aliphatic rings. The van der Waals surface area contributed by atoms with Gasteiger partial charge >= 0.3 is 5.69 Å². The zero-order valence-electron chi connectivity index (χ0n) is 15.5. The van der Waals surface area contributed by atoms with E-state index in [0.717, 1.165) is 36.4 Å². The summed E-state index contributed by atoms with van der Waals surface area (Å²) in [5.74, 6) is 1.54. The van der Waals surface area contributed by atoms with Gasteiger partial charge in [0.1, 0.15) is 18.1 Å². The van der Waals surface area contributed by atoms with Crippen LogP contribution in [0.2, 0.25) is 0 Å². The van der Waals surface area contributed by atoms with Crippen LogP contribution in [-0.4, -0.2) is 51.4 Å². The Morgan fingerprint density at radius 3 is 2.74 bits per heavy atom. The Labute approximate surface area is 157 Å². The lowest BCUT2D eigenvalue weighted by molar-refractivity contribution is -0.131. The number of aryl methyl sites for hydroxylation is 1. The molecule has 2 N–H and O–H groups in total. The van der Waals surface area contributed by atoms with Crippen LogP contribution in [-0.2, 0) is 24.3 Å². The van der Waals surface area contributed by atoms with Gasteiger partial charge in [0, 0.05) is 38.0 Å². The van der Waals surface area contributed by atoms with Gasteiger partial charge in [-0.25, -0.2) is 9.48 Å². The fourth-order valence-electron chi connectivity index (χ4n) is 4.02. The largest absolute Gasteiger partial charge is 0.497 e. The van der Waals surface area contributed by atoms with Gasteiger partial charge in [-0.05, 0) is 30.5 Å². The van der Waals surface area contributed by atoms with Crippen molar-refractivity contribution in [2.75, 3.05) is 20.2 Å². The summed E-state index contributed by atoms with van der Waals surface area (Å²) in [6.07, 6.45) is 2.82. The van der Waals surface area contributed by atoms with Crippen molar-refractivity contribution in [1.82, 2.24) is 19.2 Å². The lowest BCUT2D eigenvalue weighted by Gasteiger charge is -2.16. The van der Waals surface area contributed by atoms with Crippen molar-refractivity contribution in [2.45, 2.75) is 44.3 Å². The summed E-state index contributed by atoms with van der Waals surface area (Å²) in [6.45, 7) is 1.70. The van der Waals surface area contributed by atoms with Gasteiger partial charge in [-0.3, -0.25) is 9.36 Å². The van der Waals surface area contributed by atoms with E-state index in [2.05, 4.69) is 5.10 Å². The number of carbonyl (C=O) groups excluding carboxylic acids is 1. The second-order valence-corrected chi connectivity index (χ2v) is 7.31. The van der Waals surface area contributed by atoms with Crippen molar-refractivity contribution in [2.24, 2.45) is 5.73 Å². The van der Waals surface area contributed by atoms with Crippen molar-refractivity contribution in [3.8, 4) is 5.75 Å². The van der Waals surface area contributed by atoms with Crippen LogP contribution in [0.1, 0.15) is 30.1 Å². The monoisotopic (exact) mass is 371 g/mol. The number of methoxy groups -OCH3 is 1. The first-order valence-corrected chi connectivity index (χ1v) is 9.40. The molecule has 0 saturated carbocycles. The summed E-state index contributed by atoms with van der Waals surface area (Å²) in [6, 6.07) is 7.66. The molecule has 27 heavy (non-hydrogen) atoms. The molecule has 144 valence electrons. The van der Waals surface area contributed by atoms with Gasteiger partial charge in [-0.2, -0.15) is 5.10 Å². The van der Waals surface area contributed by atoms with E-state index in [1.807, 2.05) is 24.3 Å². The van der Waals surface area contributed by atoms with E-state index >= 15 is 0 Å². The number of hydrogen-bond acceptors (Lipinski definition) is 5. The minimum Gasteiger partial charge on any atom is -0.497 e. The van der Waals surface area contributed by atoms with Crippen LogP contribution in [0.15, 0.2) is 29.1 Å². The van der Waals surface area contributed by atoms with Crippen molar-refractivity contribution < 1.29 is 9.53 Å². The summed E-state index contributed by atoms with van der Waals surface area (Å²) in [7, 11) is 1.63. The standard InChI is InChI=1S/C19H25N5O3/c1-27-14-7-5-13(6-8-14)15-10-22(11-16(15)20)18(25)12-24-19(26)23-9-3-2-4-17(23)21-24/h5-8,15-16H,2-4,9-12,20H2,1H3/t15-,16+/m0/s1. The topological polar surface area (TPSA) is 95.4 Å². The van der Waals surface area contributed by atoms with Crippen LogP contribution in [0.5, 0.6) is 5.75 Å². The number of fused-ring (bicyclic) bond motifs is 1. The minimum absolute atomic E-state index is 0.0269. The Balaban J connectivity index is 1.45. The molecule has 8 nitrogen and oxygen atoms in total. The third kappa shape index (κ3) is 3.37. The fourth-order valence-corrected chi connectivity index (χ4v) is 4.02. The van der Waals surface area contributed by atoms with Gasteiger partial charge in [0.15, 0.2) is 0 Å². The summed E-state index contributed by atoms with van der Waals surface area (Å²) in [4.78, 5) is 26.9. The van der Waals surface area contributed by atoms with Crippen LogP contribution in [0.3, 0.4) is 0 Å². The van der Waals surface area contributed by atoms with Gasteiger partial charge in [0.2, 0.25) is 5.91 Å². The molecule has 0 aliphatic carbocycles. The highest BCUT2D eigenvalue weighted by atomic mass is 16.5. The average Bonchev–Trinajstić information content (AvgIpc) is 3.23. The van der Waals surface area contributed by atoms with Crippen LogP contribution in [0, 0.1) is 0 Å². The average molecular weight is 371 g/mol. The van der Waals surface area contributed by atoms with Crippen LogP contribution in [0.25, 0.3) is 0 Å². The van der Waals surface area contributed by atoms with Crippen LogP contribution in [0.4, 0.5) is 0 Å². The molecule has 3 heterocycles. The third-order valence-corrected chi connectivity index (χ3v) is 5.58. The molecule has 1 aromatic heterocycles. The van der Waals surface area contributed by atoms with Crippen LogP contribution < -0.4 is 16.2 Å². The predicted molar refractivity (Wildman–Crippen MR) is 99.7 cm³/mol. The van der Waals surface area contributed by atoms with Gasteiger partial charge in [0.05, 0.1) is 7.11 Å². The molecule has 4 rings (SSSR count). The SMILES string of the molecule is COc1ccc([C@@H]2CN(C(=O)Cn3nc4n(c3=O)CCCC4)C[C@H]2N)cc1. The highest BCUT2D eigenvalue weighted by Crippen LogP contribution is 2.28. The summed E-state index contributed by atoms with van der Waals surface area (Å²) in [5.41, 5.74) is 7.20. The van der Waals surface area contributed by atoms with Crippen molar-refractivity contribution >= 4 is 5.91 Å². The maximum atomic E-state index is 12.7. The lowest BCUT2D eigenvalue weighted by atomic mass is 9.95. The van der Waals surface area contributed by atoms with E-state index < -0.39 is 0 Å². The number of hydrogen-bond donors (Lipinski definition) is 1. The zero-order valence-corrected chi connectivity index (χ0v) is 15.5. The van der Waals surface area contributed by atoms with E-state index in [-0.39, 0.29) is 30.1 Å². The van der Waals surface area contributed by atoms with E-state index in [9.17, 15) is 9.59 Å². The number of amides is 1. The molecule has 8 heteroatoms. The van der Waals surface area contributed by atoms with E-state index in [1.54, 1.807) is 16.6 Å². The Hall–Kier alpha value is -2.61. The van der Waals surface area contributed by atoms with E-state index in [4.69, 9.17) is 10.5 Å². The molecule has 2 aliphatic heterocycles. The zero-order chi connectivity index (χ0) is 19.0. The number of rotatable bonds is 4. The summed E-state index contributed by atoms with van der Waals surface area (Å²) in [5, 5.41) is 4.35. The number of benzene rings is 1. The molecular weight excluding hydrogens is 346 g/mol. The van der Waals surface area contributed by atoms with Gasteiger partial charge in [-0.15, -0.1) is 0 Å². The van der Waals surface area contributed by atoms with Gasteiger partial charge in [0.25, 0.3) is 0 Å². The highest BCUT2D eigenvalue weighted by Gasteiger charge is 2.34. The quantitative estimate of drug-likeness (QED) is 0.836. The van der Waals surface area contributed by atoms with Crippen molar-refractivity contribution in [1.29, 1.82) is 0 Å². The Kier molecular flexibility index (Phi) is 4.73. The number of nitrogens with zero attached hydrogens (tertiary/aromatic N) is 4. The molecule has 0 radical (unpaired) electrons. The second-order valence-electron chi connectivity index (χ2n) is 7.31. The number of carbonyl (C=O) groups is 1. The van der Waals surface area contributed by atoms with Gasteiger partial charge in [-0.1, -0.05) is 12.1 Å². The number of nitrogens with two attached hydrogens (primary N) is 1. The highest BCUT2D eigenvalue weighted by molar-refractivity contribution is 5.76. The number of likely N-dealkylation sites (tertiary alicyclic amines) is 1. The Morgan fingerprint density at radius 2 is 2.04 bits per heavy atom. The summed E-state index contributed by atoms with van der Waals surface area (Å²) < 4.78 is 8.18. The third-order valence-electron chi connectivity index (χ3n) is 5.58. The van der Waals surface area contributed by atoms with Crippen LogP contribution >= 0.6 is 0 Å². The molecule has 2 aromatic rings. The maximum absolute atomic E-state index is 12.7. The molecule has 0 bridgehead atoms. The molecule has 1 saturated heterocycles. The maximum Gasteiger partial charge on any atom is 0.346 e. The molecule has 1 aromatic carbocycles. The van der Waals surface area contributed by atoms with Crippen molar-refractivity contribution in [3.05, 3.63) is 46.1 Å². The van der Waals surface area contributed by atoms with Gasteiger partial charge < -0.3 is 15.4 Å². The predicted octanol–water partition coefficient (Wildman–Crippen LogP) is 0.343. The molecular formula is C19H25N5O3. The molecule has 2 atom stereocenters. The molecule has 0 spiro atoms. The second kappa shape index (κ2) is 7.19. The number of ether oxygens (including phenoxy) is 1. The Bertz CT molecular complexity index is 886. The first-order chi connectivity index (χ1) is 13.1.